The molecule has 1 atom stereocenters. The fraction of sp³-hybridized carbons (Fsp3) is 0.550. The van der Waals surface area contributed by atoms with Crippen molar-refractivity contribution in [2.24, 2.45) is 0 Å². The third-order valence-electron chi connectivity index (χ3n) is 5.24. The molecule has 4 rings (SSSR count). The van der Waals surface area contributed by atoms with Crippen LogP contribution in [0.2, 0.25) is 0 Å². The standard InChI is InChI=1S/C20H25N3O2S/c1-14(18(24)22-12-6-2-3-7-13-22)26-20-21-17-9-5-4-8-16(17)19(25)23(20)15-10-11-15/h4-5,8-9,14-15H,2-3,6-7,10-13H2,1H3. The minimum absolute atomic E-state index is 0.0232. The number of para-hydroxylation sites is 1. The van der Waals surface area contributed by atoms with Gasteiger partial charge in [0.1, 0.15) is 0 Å². The van der Waals surface area contributed by atoms with E-state index in [2.05, 4.69) is 0 Å². The topological polar surface area (TPSA) is 55.2 Å². The van der Waals surface area contributed by atoms with Crippen molar-refractivity contribution in [3.8, 4) is 0 Å². The number of amides is 1. The van der Waals surface area contributed by atoms with E-state index in [1.54, 1.807) is 0 Å². The van der Waals surface area contributed by atoms with E-state index in [-0.39, 0.29) is 22.8 Å². The van der Waals surface area contributed by atoms with Crippen molar-refractivity contribution in [3.05, 3.63) is 34.6 Å². The van der Waals surface area contributed by atoms with Crippen LogP contribution in [0.5, 0.6) is 0 Å². The van der Waals surface area contributed by atoms with Gasteiger partial charge >= 0.3 is 0 Å². The summed E-state index contributed by atoms with van der Waals surface area (Å²) in [5.41, 5.74) is 0.737. The Labute approximate surface area is 157 Å². The molecular formula is C20H25N3O2S. The van der Waals surface area contributed by atoms with Crippen LogP contribution >= 0.6 is 11.8 Å². The first-order chi connectivity index (χ1) is 12.6. The molecule has 1 aliphatic heterocycles. The van der Waals surface area contributed by atoms with Crippen LogP contribution in [0.15, 0.2) is 34.2 Å². The van der Waals surface area contributed by atoms with Gasteiger partial charge in [-0.2, -0.15) is 0 Å². The maximum Gasteiger partial charge on any atom is 0.262 e. The van der Waals surface area contributed by atoms with E-state index in [4.69, 9.17) is 4.98 Å². The summed E-state index contributed by atoms with van der Waals surface area (Å²) in [4.78, 5) is 32.6. The molecule has 2 fully saturated rings. The van der Waals surface area contributed by atoms with Crippen molar-refractivity contribution < 1.29 is 4.79 Å². The number of likely N-dealkylation sites (tertiary alicyclic amines) is 1. The van der Waals surface area contributed by atoms with Crippen molar-refractivity contribution in [1.29, 1.82) is 0 Å². The summed E-state index contributed by atoms with van der Waals surface area (Å²) in [6.45, 7) is 3.64. The van der Waals surface area contributed by atoms with E-state index in [0.29, 0.717) is 16.1 Å². The van der Waals surface area contributed by atoms with Gasteiger partial charge in [-0.25, -0.2) is 4.98 Å². The molecule has 0 spiro atoms. The highest BCUT2D eigenvalue weighted by atomic mass is 32.2. The van der Waals surface area contributed by atoms with Crippen LogP contribution < -0.4 is 5.56 Å². The predicted molar refractivity (Wildman–Crippen MR) is 105 cm³/mol. The number of thioether (sulfide) groups is 1. The van der Waals surface area contributed by atoms with Gasteiger partial charge in [-0.1, -0.05) is 36.7 Å². The number of hydrogen-bond donors (Lipinski definition) is 0. The van der Waals surface area contributed by atoms with Crippen LogP contribution in [0.4, 0.5) is 0 Å². The van der Waals surface area contributed by atoms with Crippen molar-refractivity contribution in [2.75, 3.05) is 13.1 Å². The Hall–Kier alpha value is -1.82. The maximum absolute atomic E-state index is 12.9. The van der Waals surface area contributed by atoms with Gasteiger partial charge < -0.3 is 4.90 Å². The predicted octanol–water partition coefficient (Wildman–Crippen LogP) is 3.61. The maximum atomic E-state index is 12.9. The highest BCUT2D eigenvalue weighted by Gasteiger charge is 2.31. The molecule has 0 radical (unpaired) electrons. The van der Waals surface area contributed by atoms with E-state index in [0.717, 1.165) is 38.8 Å². The van der Waals surface area contributed by atoms with Crippen LogP contribution in [0.3, 0.4) is 0 Å². The molecule has 0 N–H and O–H groups in total. The number of benzene rings is 1. The lowest BCUT2D eigenvalue weighted by Crippen LogP contribution is -2.37. The normalized spacial score (nSPS) is 19.3. The Morgan fingerprint density at radius 1 is 1.15 bits per heavy atom. The molecule has 1 saturated carbocycles. The van der Waals surface area contributed by atoms with Crippen molar-refractivity contribution in [2.45, 2.75) is 61.9 Å². The highest BCUT2D eigenvalue weighted by Crippen LogP contribution is 2.37. The monoisotopic (exact) mass is 371 g/mol. The first-order valence-electron chi connectivity index (χ1n) is 9.62. The number of rotatable bonds is 4. The fourth-order valence-electron chi connectivity index (χ4n) is 3.62. The van der Waals surface area contributed by atoms with Gasteiger partial charge in [0.2, 0.25) is 5.91 Å². The number of nitrogens with zero attached hydrogens (tertiary/aromatic N) is 3. The van der Waals surface area contributed by atoms with Crippen molar-refractivity contribution in [3.63, 3.8) is 0 Å². The molecule has 138 valence electrons. The second-order valence-corrected chi connectivity index (χ2v) is 8.63. The zero-order valence-corrected chi connectivity index (χ0v) is 16.0. The molecule has 26 heavy (non-hydrogen) atoms. The minimum atomic E-state index is -0.230. The Bertz CT molecular complexity index is 867. The van der Waals surface area contributed by atoms with Crippen molar-refractivity contribution in [1.82, 2.24) is 14.5 Å². The third-order valence-corrected chi connectivity index (χ3v) is 6.29. The fourth-order valence-corrected chi connectivity index (χ4v) is 4.68. The Balaban J connectivity index is 1.62. The summed E-state index contributed by atoms with van der Waals surface area (Å²) in [7, 11) is 0. The second-order valence-electron chi connectivity index (χ2n) is 7.32. The van der Waals surface area contributed by atoms with Crippen LogP contribution in [0.1, 0.15) is 51.5 Å². The largest absolute Gasteiger partial charge is 0.342 e. The number of fused-ring (bicyclic) bond motifs is 1. The lowest BCUT2D eigenvalue weighted by Gasteiger charge is -2.24. The number of hydrogen-bond acceptors (Lipinski definition) is 4. The van der Waals surface area contributed by atoms with Gasteiger partial charge in [-0.3, -0.25) is 14.2 Å². The lowest BCUT2D eigenvalue weighted by molar-refractivity contribution is -0.130. The molecule has 2 aromatic rings. The smallest absolute Gasteiger partial charge is 0.262 e. The minimum Gasteiger partial charge on any atom is -0.342 e. The average Bonchev–Trinajstić information content (AvgIpc) is 3.48. The lowest BCUT2D eigenvalue weighted by atomic mass is 10.2. The Kier molecular flexibility index (Phi) is 5.02. The van der Waals surface area contributed by atoms with E-state index in [1.165, 1.54) is 24.6 Å². The molecule has 0 bridgehead atoms. The molecule has 1 unspecified atom stereocenters. The van der Waals surface area contributed by atoms with Crippen molar-refractivity contribution >= 4 is 28.6 Å². The summed E-state index contributed by atoms with van der Waals surface area (Å²) >= 11 is 1.44. The molecule has 1 saturated heterocycles. The quantitative estimate of drug-likeness (QED) is 0.608. The molecule has 2 heterocycles. The van der Waals surface area contributed by atoms with Crippen LogP contribution in [0, 0.1) is 0 Å². The molecule has 2 aliphatic rings. The average molecular weight is 372 g/mol. The van der Waals surface area contributed by atoms with Gasteiger partial charge in [-0.05, 0) is 44.7 Å². The molecule has 1 aromatic carbocycles. The zero-order chi connectivity index (χ0) is 18.1. The van der Waals surface area contributed by atoms with Gasteiger partial charge in [0.25, 0.3) is 5.56 Å². The highest BCUT2D eigenvalue weighted by molar-refractivity contribution is 8.00. The second kappa shape index (κ2) is 7.43. The Morgan fingerprint density at radius 3 is 2.54 bits per heavy atom. The van der Waals surface area contributed by atoms with Crippen LogP contribution in [-0.2, 0) is 4.79 Å². The van der Waals surface area contributed by atoms with E-state index < -0.39 is 0 Å². The molecule has 5 nitrogen and oxygen atoms in total. The third kappa shape index (κ3) is 3.52. The first kappa shape index (κ1) is 17.6. The van der Waals surface area contributed by atoms with Gasteiger partial charge in [0.15, 0.2) is 5.16 Å². The summed E-state index contributed by atoms with van der Waals surface area (Å²) in [6, 6.07) is 7.73. The number of carbonyl (C=O) groups is 1. The summed E-state index contributed by atoms with van der Waals surface area (Å²) in [6.07, 6.45) is 6.62. The first-order valence-corrected chi connectivity index (χ1v) is 10.5. The summed E-state index contributed by atoms with van der Waals surface area (Å²) < 4.78 is 1.82. The molecular weight excluding hydrogens is 346 g/mol. The van der Waals surface area contributed by atoms with E-state index in [1.807, 2.05) is 40.7 Å². The number of carbonyl (C=O) groups excluding carboxylic acids is 1. The SMILES string of the molecule is CC(Sc1nc2ccccc2c(=O)n1C1CC1)C(=O)N1CCCCCC1. The molecule has 6 heteroatoms. The molecule has 1 amide bonds. The van der Waals surface area contributed by atoms with E-state index in [9.17, 15) is 9.59 Å². The summed E-state index contributed by atoms with van der Waals surface area (Å²) in [5, 5.41) is 1.12. The molecule has 1 aromatic heterocycles. The van der Waals surface area contributed by atoms with Gasteiger partial charge in [-0.15, -0.1) is 0 Å². The summed E-state index contributed by atoms with van der Waals surface area (Å²) in [5.74, 6) is 0.168. The Morgan fingerprint density at radius 2 is 1.85 bits per heavy atom. The molecule has 1 aliphatic carbocycles. The van der Waals surface area contributed by atoms with Crippen LogP contribution in [-0.4, -0.2) is 38.7 Å². The van der Waals surface area contributed by atoms with E-state index >= 15 is 0 Å². The number of aromatic nitrogens is 2. The zero-order valence-electron chi connectivity index (χ0n) is 15.2. The van der Waals surface area contributed by atoms with Gasteiger partial charge in [0, 0.05) is 19.1 Å². The van der Waals surface area contributed by atoms with Gasteiger partial charge in [0.05, 0.1) is 16.2 Å². The van der Waals surface area contributed by atoms with Crippen LogP contribution in [0.25, 0.3) is 10.9 Å².